The van der Waals surface area contributed by atoms with Crippen molar-refractivity contribution < 1.29 is 4.74 Å². The quantitative estimate of drug-likeness (QED) is 0.394. The van der Waals surface area contributed by atoms with Crippen molar-refractivity contribution in [2.45, 2.75) is 13.0 Å². The Morgan fingerprint density at radius 1 is 1.14 bits per heavy atom. The average Bonchev–Trinajstić information content (AvgIpc) is 2.92. The Labute approximate surface area is 208 Å². The van der Waals surface area contributed by atoms with Gasteiger partial charge in [0.1, 0.15) is 5.52 Å². The minimum atomic E-state index is -0.0795. The molecule has 1 atom stereocenters. The summed E-state index contributed by atoms with van der Waals surface area (Å²) < 4.78 is 10.4. The van der Waals surface area contributed by atoms with E-state index in [0.717, 1.165) is 48.8 Å². The second-order valence-electron chi connectivity index (χ2n) is 8.50. The van der Waals surface area contributed by atoms with Crippen molar-refractivity contribution in [1.82, 2.24) is 24.2 Å². The van der Waals surface area contributed by atoms with E-state index in [9.17, 15) is 4.79 Å². The van der Waals surface area contributed by atoms with Gasteiger partial charge in [-0.25, -0.2) is 9.97 Å². The highest BCUT2D eigenvalue weighted by Crippen LogP contribution is 2.29. The molecule has 5 rings (SSSR count). The van der Waals surface area contributed by atoms with Crippen LogP contribution in [0.3, 0.4) is 0 Å². The summed E-state index contributed by atoms with van der Waals surface area (Å²) in [7, 11) is 0. The summed E-state index contributed by atoms with van der Waals surface area (Å²) in [6, 6.07) is 14.0. The molecule has 0 bridgehead atoms. The molecule has 8 nitrogen and oxygen atoms in total. The first-order valence-corrected chi connectivity index (χ1v) is 12.9. The van der Waals surface area contributed by atoms with E-state index in [0.29, 0.717) is 23.1 Å². The maximum absolute atomic E-state index is 13.6. The minimum Gasteiger partial charge on any atom is -0.378 e. The molecule has 0 saturated carbocycles. The number of ether oxygens (including phenoxy) is 1. The lowest BCUT2D eigenvalue weighted by molar-refractivity contribution is 0.122. The predicted molar refractivity (Wildman–Crippen MR) is 142 cm³/mol. The fraction of sp³-hybridized carbons (Fsp3) is 0.308. The molecular formula is C26H28N6O2S. The van der Waals surface area contributed by atoms with Crippen molar-refractivity contribution in [3.63, 3.8) is 0 Å². The normalized spacial score (nSPS) is 14.9. The van der Waals surface area contributed by atoms with Gasteiger partial charge >= 0.3 is 0 Å². The van der Waals surface area contributed by atoms with Crippen LogP contribution in [-0.2, 0) is 4.74 Å². The van der Waals surface area contributed by atoms with Crippen LogP contribution in [0.4, 0.5) is 5.69 Å². The standard InChI is InChI=1S/C26H28N6O2S/c1-18(15-29-35-2)32-17-28-25-22(26(32)33)14-23(30-24(25)20-4-3-9-27-16-20)19-5-7-21(8-6-19)31-10-12-34-13-11-31/h3-9,14,16-18,29H,10-13,15H2,1-2H3. The third-order valence-corrected chi connectivity index (χ3v) is 6.70. The molecule has 0 aliphatic carbocycles. The zero-order chi connectivity index (χ0) is 24.2. The van der Waals surface area contributed by atoms with Crippen LogP contribution in [0.5, 0.6) is 0 Å². The topological polar surface area (TPSA) is 85.2 Å². The molecule has 1 aliphatic rings. The molecule has 1 unspecified atom stereocenters. The van der Waals surface area contributed by atoms with E-state index in [2.05, 4.69) is 43.9 Å². The van der Waals surface area contributed by atoms with Gasteiger partial charge in [-0.3, -0.25) is 19.1 Å². The van der Waals surface area contributed by atoms with Crippen LogP contribution >= 0.6 is 11.9 Å². The lowest BCUT2D eigenvalue weighted by Gasteiger charge is -2.28. The van der Waals surface area contributed by atoms with Crippen molar-refractivity contribution in [1.29, 1.82) is 0 Å². The Bertz CT molecular complexity index is 1350. The van der Waals surface area contributed by atoms with Crippen LogP contribution in [0.1, 0.15) is 13.0 Å². The molecular weight excluding hydrogens is 460 g/mol. The lowest BCUT2D eigenvalue weighted by Crippen LogP contribution is -2.36. The molecule has 180 valence electrons. The number of nitrogens with zero attached hydrogens (tertiary/aromatic N) is 5. The molecule has 0 amide bonds. The maximum atomic E-state index is 13.6. The number of hydrogen-bond donors (Lipinski definition) is 1. The van der Waals surface area contributed by atoms with Gasteiger partial charge < -0.3 is 9.64 Å². The number of fused-ring (bicyclic) bond motifs is 1. The lowest BCUT2D eigenvalue weighted by atomic mass is 10.0. The fourth-order valence-electron chi connectivity index (χ4n) is 4.28. The molecule has 4 heterocycles. The number of rotatable bonds is 7. The summed E-state index contributed by atoms with van der Waals surface area (Å²) in [5.41, 5.74) is 4.82. The second kappa shape index (κ2) is 10.6. The monoisotopic (exact) mass is 488 g/mol. The van der Waals surface area contributed by atoms with Gasteiger partial charge in [0, 0.05) is 54.9 Å². The van der Waals surface area contributed by atoms with Crippen LogP contribution < -0.4 is 15.2 Å². The van der Waals surface area contributed by atoms with Gasteiger partial charge in [0.15, 0.2) is 0 Å². The van der Waals surface area contributed by atoms with Crippen molar-refractivity contribution >= 4 is 28.5 Å². The van der Waals surface area contributed by atoms with Crippen LogP contribution in [-0.4, -0.2) is 58.6 Å². The van der Waals surface area contributed by atoms with E-state index in [1.807, 2.05) is 31.4 Å². The van der Waals surface area contributed by atoms with E-state index >= 15 is 0 Å². The molecule has 1 fully saturated rings. The summed E-state index contributed by atoms with van der Waals surface area (Å²) in [6.45, 7) is 5.91. The molecule has 4 aromatic rings. The molecule has 3 aromatic heterocycles. The molecule has 1 saturated heterocycles. The Kier molecular flexibility index (Phi) is 7.08. The van der Waals surface area contributed by atoms with Gasteiger partial charge in [0.25, 0.3) is 5.56 Å². The third-order valence-electron chi connectivity index (χ3n) is 6.24. The maximum Gasteiger partial charge on any atom is 0.261 e. The van der Waals surface area contributed by atoms with Crippen LogP contribution in [0, 0.1) is 0 Å². The molecule has 9 heteroatoms. The van der Waals surface area contributed by atoms with Gasteiger partial charge in [0.2, 0.25) is 0 Å². The highest BCUT2D eigenvalue weighted by atomic mass is 32.2. The first-order valence-electron chi connectivity index (χ1n) is 11.7. The smallest absolute Gasteiger partial charge is 0.261 e. The summed E-state index contributed by atoms with van der Waals surface area (Å²) >= 11 is 1.53. The zero-order valence-corrected chi connectivity index (χ0v) is 20.7. The molecule has 1 aromatic carbocycles. The molecule has 1 N–H and O–H groups in total. The predicted octanol–water partition coefficient (Wildman–Crippen LogP) is 3.79. The number of morpholine rings is 1. The number of benzene rings is 1. The van der Waals surface area contributed by atoms with Gasteiger partial charge in [0.05, 0.1) is 36.3 Å². The average molecular weight is 489 g/mol. The van der Waals surface area contributed by atoms with Crippen molar-refractivity contribution in [3.05, 3.63) is 71.5 Å². The van der Waals surface area contributed by atoms with Crippen LogP contribution in [0.15, 0.2) is 66.0 Å². The number of pyridine rings is 2. The molecule has 35 heavy (non-hydrogen) atoms. The van der Waals surface area contributed by atoms with Gasteiger partial charge in [-0.1, -0.05) is 24.1 Å². The number of hydrogen-bond acceptors (Lipinski definition) is 8. The zero-order valence-electron chi connectivity index (χ0n) is 19.8. The Morgan fingerprint density at radius 2 is 1.94 bits per heavy atom. The molecule has 1 aliphatic heterocycles. The van der Waals surface area contributed by atoms with E-state index in [4.69, 9.17) is 9.72 Å². The second-order valence-corrected chi connectivity index (χ2v) is 9.20. The first-order chi connectivity index (χ1) is 17.2. The Hall–Kier alpha value is -3.27. The van der Waals surface area contributed by atoms with E-state index < -0.39 is 0 Å². The van der Waals surface area contributed by atoms with Crippen LogP contribution in [0.25, 0.3) is 33.4 Å². The summed E-state index contributed by atoms with van der Waals surface area (Å²) in [6.07, 6.45) is 7.07. The van der Waals surface area contributed by atoms with Crippen molar-refractivity contribution in [2.24, 2.45) is 0 Å². The van der Waals surface area contributed by atoms with E-state index in [1.165, 1.54) is 11.9 Å². The Balaban J connectivity index is 1.62. The SMILES string of the molecule is CSNCC(C)n1cnc2c(-c3cccnc3)nc(-c3ccc(N4CCOCC4)cc3)cc2c1=O. The van der Waals surface area contributed by atoms with Gasteiger partial charge in [-0.15, -0.1) is 0 Å². The van der Waals surface area contributed by atoms with Crippen molar-refractivity contribution in [3.8, 4) is 22.5 Å². The van der Waals surface area contributed by atoms with Gasteiger partial charge in [-0.2, -0.15) is 0 Å². The fourth-order valence-corrected chi connectivity index (χ4v) is 4.68. The first kappa shape index (κ1) is 23.5. The third kappa shape index (κ3) is 4.93. The summed E-state index contributed by atoms with van der Waals surface area (Å²) in [5.74, 6) is 0. The van der Waals surface area contributed by atoms with E-state index in [-0.39, 0.29) is 11.6 Å². The van der Waals surface area contributed by atoms with Crippen molar-refractivity contribution in [2.75, 3.05) is 44.0 Å². The summed E-state index contributed by atoms with van der Waals surface area (Å²) in [4.78, 5) is 29.8. The largest absolute Gasteiger partial charge is 0.378 e. The summed E-state index contributed by atoms with van der Waals surface area (Å²) in [5, 5.41) is 0.546. The van der Waals surface area contributed by atoms with Gasteiger partial charge in [-0.05, 0) is 43.5 Å². The Morgan fingerprint density at radius 3 is 2.66 bits per heavy atom. The molecule has 0 radical (unpaired) electrons. The van der Waals surface area contributed by atoms with E-state index in [1.54, 1.807) is 23.3 Å². The number of anilines is 1. The minimum absolute atomic E-state index is 0.0434. The number of aromatic nitrogens is 4. The molecule has 0 spiro atoms. The highest BCUT2D eigenvalue weighted by molar-refractivity contribution is 7.96. The van der Waals surface area contributed by atoms with Crippen LogP contribution in [0.2, 0.25) is 0 Å². The number of nitrogens with one attached hydrogen (secondary N) is 1. The highest BCUT2D eigenvalue weighted by Gasteiger charge is 2.17.